The Morgan fingerprint density at radius 2 is 1.61 bits per heavy atom. The third-order valence-electron chi connectivity index (χ3n) is 5.15. The van der Waals surface area contributed by atoms with Gasteiger partial charge in [0.25, 0.3) is 11.8 Å². The minimum Gasteiger partial charge on any atom is -0.502 e. The van der Waals surface area contributed by atoms with Crippen LogP contribution in [-0.2, 0) is 21.4 Å². The van der Waals surface area contributed by atoms with Gasteiger partial charge in [0.05, 0.1) is 21.0 Å². The van der Waals surface area contributed by atoms with Crippen molar-refractivity contribution in [1.29, 1.82) is 0 Å². The minimum absolute atomic E-state index is 0.0151. The van der Waals surface area contributed by atoms with Crippen LogP contribution in [0, 0.1) is 0 Å². The van der Waals surface area contributed by atoms with E-state index in [0.29, 0.717) is 17.5 Å². The normalized spacial score (nSPS) is 20.0. The number of aliphatic hydroxyl groups is 2. The van der Waals surface area contributed by atoms with E-state index < -0.39 is 23.0 Å². The molecule has 31 heavy (non-hydrogen) atoms. The number of carbonyl (C=O) groups excluding carboxylic acids is 3. The molecule has 162 valence electrons. The summed E-state index contributed by atoms with van der Waals surface area (Å²) in [5.74, 6) is -2.53. The van der Waals surface area contributed by atoms with Crippen molar-refractivity contribution in [2.45, 2.75) is 38.7 Å². The summed E-state index contributed by atoms with van der Waals surface area (Å²) in [6.07, 6.45) is 0.193. The molecule has 0 saturated heterocycles. The fourth-order valence-corrected chi connectivity index (χ4v) is 4.27. The van der Waals surface area contributed by atoms with E-state index >= 15 is 0 Å². The lowest BCUT2D eigenvalue weighted by Gasteiger charge is -2.22. The average Bonchev–Trinajstić information content (AvgIpc) is 3.11. The highest BCUT2D eigenvalue weighted by atomic mass is 35.5. The highest BCUT2D eigenvalue weighted by Gasteiger charge is 2.45. The van der Waals surface area contributed by atoms with E-state index in [1.807, 2.05) is 42.6 Å². The topological polar surface area (TPSA) is 104 Å². The number of ketones is 1. The molecule has 0 fully saturated rings. The van der Waals surface area contributed by atoms with Crippen LogP contribution in [0.1, 0.15) is 47.8 Å². The van der Waals surface area contributed by atoms with Crippen molar-refractivity contribution in [3.05, 3.63) is 74.5 Å². The summed E-state index contributed by atoms with van der Waals surface area (Å²) in [5, 5.41) is 20.0. The van der Waals surface area contributed by atoms with Crippen molar-refractivity contribution in [1.82, 2.24) is 5.32 Å². The second-order valence-electron chi connectivity index (χ2n) is 7.89. The zero-order valence-electron chi connectivity index (χ0n) is 17.1. The van der Waals surface area contributed by atoms with Crippen molar-refractivity contribution < 1.29 is 24.6 Å². The molecule has 2 amide bonds. The van der Waals surface area contributed by atoms with Crippen molar-refractivity contribution in [3.8, 4) is 0 Å². The second-order valence-corrected chi connectivity index (χ2v) is 8.65. The van der Waals surface area contributed by atoms with Crippen molar-refractivity contribution in [3.63, 3.8) is 0 Å². The summed E-state index contributed by atoms with van der Waals surface area (Å²) < 4.78 is 0. The number of fused-ring (bicyclic) bond motifs is 1. The summed E-state index contributed by atoms with van der Waals surface area (Å²) in [4.78, 5) is 36.8. The summed E-state index contributed by atoms with van der Waals surface area (Å²) >= 11 is 12.7. The Balaban J connectivity index is 0.000000628. The number of benzene rings is 2. The van der Waals surface area contributed by atoms with Crippen LogP contribution in [0.4, 0.5) is 0 Å². The molecule has 8 heteroatoms. The zero-order valence-corrected chi connectivity index (χ0v) is 18.6. The number of hydrogen-bond acceptors (Lipinski definition) is 5. The quantitative estimate of drug-likeness (QED) is 0.586. The van der Waals surface area contributed by atoms with E-state index in [4.69, 9.17) is 28.3 Å². The number of rotatable bonds is 2. The Kier molecular flexibility index (Phi) is 6.28. The van der Waals surface area contributed by atoms with E-state index in [0.717, 1.165) is 5.56 Å². The number of Topliss-reactive ketones (excluding diaryl/α,β-unsaturated/α-hetero) is 1. The molecule has 0 saturated carbocycles. The van der Waals surface area contributed by atoms with Crippen LogP contribution in [0.3, 0.4) is 0 Å². The minimum atomic E-state index is -0.895. The fourth-order valence-electron chi connectivity index (χ4n) is 3.72. The molecule has 0 spiro atoms. The number of hydrogen-bond donors (Lipinski definition) is 3. The highest BCUT2D eigenvalue weighted by Crippen LogP contribution is 2.46. The Labute approximate surface area is 189 Å². The van der Waals surface area contributed by atoms with Crippen molar-refractivity contribution in [2.24, 2.45) is 0 Å². The van der Waals surface area contributed by atoms with Gasteiger partial charge < -0.3 is 10.2 Å². The van der Waals surface area contributed by atoms with Crippen LogP contribution >= 0.6 is 23.2 Å². The maximum absolute atomic E-state index is 13.2. The number of imide groups is 1. The first kappa shape index (κ1) is 23.0. The van der Waals surface area contributed by atoms with Gasteiger partial charge in [0.2, 0.25) is 0 Å². The van der Waals surface area contributed by atoms with E-state index in [-0.39, 0.29) is 33.1 Å². The van der Waals surface area contributed by atoms with E-state index in [2.05, 4.69) is 0 Å². The molecule has 1 heterocycles. The summed E-state index contributed by atoms with van der Waals surface area (Å²) in [6, 6.07) is 10.9. The smallest absolute Gasteiger partial charge is 0.293 e. The van der Waals surface area contributed by atoms with Crippen LogP contribution in [-0.4, -0.2) is 33.9 Å². The van der Waals surface area contributed by atoms with Crippen LogP contribution in [0.2, 0.25) is 10.0 Å². The number of aliphatic hydroxyl groups excluding tert-OH is 2. The van der Waals surface area contributed by atoms with Gasteiger partial charge >= 0.3 is 0 Å². The Morgan fingerprint density at radius 3 is 2.13 bits per heavy atom. The van der Waals surface area contributed by atoms with E-state index in [1.165, 1.54) is 0 Å². The van der Waals surface area contributed by atoms with Gasteiger partial charge in [-0.25, -0.2) is 0 Å². The molecule has 1 aliphatic heterocycles. The maximum Gasteiger partial charge on any atom is 0.293 e. The van der Waals surface area contributed by atoms with Gasteiger partial charge in [-0.1, -0.05) is 53.5 Å². The fraction of sp³-hybridized carbons (Fsp3) is 0.261. The molecule has 0 bridgehead atoms. The van der Waals surface area contributed by atoms with Gasteiger partial charge in [-0.2, -0.15) is 0 Å². The van der Waals surface area contributed by atoms with E-state index in [1.54, 1.807) is 19.9 Å². The molecule has 1 atom stereocenters. The molecule has 6 nitrogen and oxygen atoms in total. The van der Waals surface area contributed by atoms with Gasteiger partial charge in [-0.3, -0.25) is 19.7 Å². The first-order valence-electron chi connectivity index (χ1n) is 9.57. The highest BCUT2D eigenvalue weighted by molar-refractivity contribution is 6.47. The molecule has 3 N–H and O–H groups in total. The first-order chi connectivity index (χ1) is 14.5. The van der Waals surface area contributed by atoms with Gasteiger partial charge in [0.1, 0.15) is 0 Å². The lowest BCUT2D eigenvalue weighted by Crippen LogP contribution is -2.29. The van der Waals surface area contributed by atoms with Gasteiger partial charge in [0.15, 0.2) is 11.5 Å². The Bertz CT molecular complexity index is 1120. The van der Waals surface area contributed by atoms with Crippen LogP contribution in [0.25, 0.3) is 5.57 Å². The molecule has 1 aliphatic carbocycles. The molecule has 4 rings (SSSR count). The molecule has 0 radical (unpaired) electrons. The number of carbonyl (C=O) groups is 3. The molecule has 2 aliphatic rings. The molecule has 0 aromatic heterocycles. The molecule has 2 aromatic carbocycles. The number of halogens is 2. The van der Waals surface area contributed by atoms with E-state index in [9.17, 15) is 19.5 Å². The van der Waals surface area contributed by atoms with Crippen molar-refractivity contribution in [2.75, 3.05) is 0 Å². The van der Waals surface area contributed by atoms with Gasteiger partial charge in [0, 0.05) is 17.2 Å². The number of amides is 2. The maximum atomic E-state index is 13.2. The van der Waals surface area contributed by atoms with Crippen LogP contribution < -0.4 is 5.32 Å². The Morgan fingerprint density at radius 1 is 1.03 bits per heavy atom. The largest absolute Gasteiger partial charge is 0.502 e. The van der Waals surface area contributed by atoms with Gasteiger partial charge in [-0.15, -0.1) is 0 Å². The lowest BCUT2D eigenvalue weighted by atomic mass is 9.79. The van der Waals surface area contributed by atoms with Crippen LogP contribution in [0.15, 0.2) is 42.2 Å². The first-order valence-corrected chi connectivity index (χ1v) is 10.3. The summed E-state index contributed by atoms with van der Waals surface area (Å²) in [7, 11) is 0. The van der Waals surface area contributed by atoms with Crippen molar-refractivity contribution >= 4 is 46.4 Å². The number of nitrogens with one attached hydrogen (secondary N) is 1. The lowest BCUT2D eigenvalue weighted by molar-refractivity contribution is -0.124. The third kappa shape index (κ3) is 3.99. The predicted molar refractivity (Wildman–Crippen MR) is 118 cm³/mol. The molecule has 2 aromatic rings. The average molecular weight is 462 g/mol. The predicted octanol–water partition coefficient (Wildman–Crippen LogP) is 4.00. The monoisotopic (exact) mass is 461 g/mol. The van der Waals surface area contributed by atoms with Crippen LogP contribution in [0.5, 0.6) is 0 Å². The standard InChI is InChI=1S/C20H13Cl2NO4.C3H8O/c1-20(10-5-3-2-4-6-10)8-9-7-11(13-16(24)19(27)23-18(13)26)14(21)15(22)12(9)17(20)25;1-3(2)4/h2-7H,8H2,1H3,(H2,23,24,26,27);3-4H,1-2H3. The molecular weight excluding hydrogens is 441 g/mol. The Hall–Kier alpha value is -2.67. The summed E-state index contributed by atoms with van der Waals surface area (Å²) in [6.45, 7) is 5.27. The molecule has 1 unspecified atom stereocenters. The van der Waals surface area contributed by atoms with Gasteiger partial charge in [-0.05, 0) is 44.4 Å². The SMILES string of the molecule is CC(C)O.CC1(c2ccccc2)Cc2cc(C3=C(O)C(=O)NC3=O)c(Cl)c(Cl)c2C1=O. The molecular formula is C23H21Cl2NO5. The zero-order chi connectivity index (χ0) is 23.1. The second kappa shape index (κ2) is 8.46. The summed E-state index contributed by atoms with van der Waals surface area (Å²) in [5.41, 5.74) is 0.835. The third-order valence-corrected chi connectivity index (χ3v) is 6.01.